The summed E-state index contributed by atoms with van der Waals surface area (Å²) in [7, 11) is 1.58. The number of carbonyl (C=O) groups excluding carboxylic acids is 1. The van der Waals surface area contributed by atoms with Gasteiger partial charge in [-0.25, -0.2) is 4.39 Å². The molecule has 9 heteroatoms. The summed E-state index contributed by atoms with van der Waals surface area (Å²) < 4.78 is 14.3. The minimum Gasteiger partial charge on any atom is -0.386 e. The first kappa shape index (κ1) is 23.0. The van der Waals surface area contributed by atoms with Crippen LogP contribution < -0.4 is 16.0 Å². The van der Waals surface area contributed by atoms with Gasteiger partial charge >= 0.3 is 0 Å². The van der Waals surface area contributed by atoms with Gasteiger partial charge in [0.25, 0.3) is 0 Å². The van der Waals surface area contributed by atoms with Gasteiger partial charge in [-0.3, -0.25) is 9.79 Å². The number of fused-ring (bicyclic) bond motifs is 1. The summed E-state index contributed by atoms with van der Waals surface area (Å²) in [5.41, 5.74) is 0.384. The zero-order valence-corrected chi connectivity index (χ0v) is 18.8. The SMILES string of the molecule is CN=C(NCC(=O)Nc1cccc(F)c1)NCC(O)c1cc2ccccc2s1.I. The Balaban J connectivity index is 0.00000300. The molecule has 4 N–H and O–H groups in total. The molecule has 1 heterocycles. The zero-order valence-electron chi connectivity index (χ0n) is 15.7. The van der Waals surface area contributed by atoms with Crippen LogP contribution in [0, 0.1) is 5.82 Å². The van der Waals surface area contributed by atoms with E-state index in [9.17, 15) is 14.3 Å². The van der Waals surface area contributed by atoms with Crippen molar-refractivity contribution in [2.75, 3.05) is 25.5 Å². The molecule has 154 valence electrons. The maximum atomic E-state index is 13.2. The second kappa shape index (κ2) is 11.1. The van der Waals surface area contributed by atoms with Gasteiger partial charge in [0.1, 0.15) is 11.9 Å². The molecule has 0 saturated heterocycles. The average Bonchev–Trinajstić information content (AvgIpc) is 3.12. The number of aliphatic hydroxyl groups excluding tert-OH is 1. The third kappa shape index (κ3) is 6.65. The lowest BCUT2D eigenvalue weighted by Crippen LogP contribution is -2.42. The quantitative estimate of drug-likeness (QED) is 0.224. The predicted molar refractivity (Wildman–Crippen MR) is 127 cm³/mol. The molecule has 0 aliphatic carbocycles. The lowest BCUT2D eigenvalue weighted by atomic mass is 10.2. The number of anilines is 1. The number of aliphatic imine (C=N–C) groups is 1. The molecule has 3 rings (SSSR count). The number of halogens is 2. The topological polar surface area (TPSA) is 85.8 Å². The van der Waals surface area contributed by atoms with Crippen molar-refractivity contribution in [1.82, 2.24) is 10.6 Å². The number of hydrogen-bond donors (Lipinski definition) is 4. The average molecular weight is 528 g/mol. The smallest absolute Gasteiger partial charge is 0.243 e. The predicted octanol–water partition coefficient (Wildman–Crippen LogP) is 3.50. The van der Waals surface area contributed by atoms with E-state index >= 15 is 0 Å². The molecule has 0 fully saturated rings. The van der Waals surface area contributed by atoms with Gasteiger partial charge < -0.3 is 21.1 Å². The van der Waals surface area contributed by atoms with Crippen molar-refractivity contribution in [3.05, 3.63) is 65.3 Å². The molecule has 0 bridgehead atoms. The number of nitrogens with zero attached hydrogens (tertiary/aromatic N) is 1. The molecule has 29 heavy (non-hydrogen) atoms. The standard InChI is InChI=1S/C20H21FN4O2S.HI/c1-22-20(24-12-19(27)25-15-7-4-6-14(21)10-15)23-11-16(26)18-9-13-5-2-3-8-17(13)28-18;/h2-10,16,26H,11-12H2,1H3,(H,25,27)(H2,22,23,24);1H. The number of benzene rings is 2. The lowest BCUT2D eigenvalue weighted by molar-refractivity contribution is -0.115. The minimum absolute atomic E-state index is 0. The Morgan fingerprint density at radius 2 is 1.97 bits per heavy atom. The summed E-state index contributed by atoms with van der Waals surface area (Å²) in [5, 5.41) is 20.0. The van der Waals surface area contributed by atoms with Crippen LogP contribution >= 0.6 is 35.3 Å². The Morgan fingerprint density at radius 1 is 1.17 bits per heavy atom. The van der Waals surface area contributed by atoms with Crippen molar-refractivity contribution >= 4 is 63.0 Å². The van der Waals surface area contributed by atoms with Gasteiger partial charge in [-0.05, 0) is 35.7 Å². The van der Waals surface area contributed by atoms with Gasteiger partial charge in [0, 0.05) is 28.9 Å². The van der Waals surface area contributed by atoms with Crippen molar-refractivity contribution in [2.45, 2.75) is 6.10 Å². The van der Waals surface area contributed by atoms with Crippen LogP contribution in [0.15, 0.2) is 59.6 Å². The molecular weight excluding hydrogens is 506 g/mol. The number of guanidine groups is 1. The highest BCUT2D eigenvalue weighted by Gasteiger charge is 2.12. The van der Waals surface area contributed by atoms with Gasteiger partial charge in [-0.2, -0.15) is 0 Å². The molecule has 1 unspecified atom stereocenters. The molecule has 1 aromatic heterocycles. The van der Waals surface area contributed by atoms with E-state index in [4.69, 9.17) is 0 Å². The molecule has 1 atom stereocenters. The van der Waals surface area contributed by atoms with Crippen LogP contribution in [0.3, 0.4) is 0 Å². The summed E-state index contributed by atoms with van der Waals surface area (Å²) in [6.07, 6.45) is -0.697. The monoisotopic (exact) mass is 528 g/mol. The van der Waals surface area contributed by atoms with Crippen LogP contribution in [0.5, 0.6) is 0 Å². The van der Waals surface area contributed by atoms with E-state index in [1.807, 2.05) is 30.3 Å². The summed E-state index contributed by atoms with van der Waals surface area (Å²) >= 11 is 1.54. The van der Waals surface area contributed by atoms with E-state index in [1.165, 1.54) is 18.2 Å². The molecule has 2 aromatic carbocycles. The molecule has 0 aliphatic rings. The number of rotatable bonds is 6. The van der Waals surface area contributed by atoms with Crippen LogP contribution in [0.25, 0.3) is 10.1 Å². The van der Waals surface area contributed by atoms with E-state index in [0.29, 0.717) is 11.6 Å². The van der Waals surface area contributed by atoms with Crippen molar-refractivity contribution in [1.29, 1.82) is 0 Å². The Kier molecular flexibility index (Phi) is 8.80. The van der Waals surface area contributed by atoms with Crippen molar-refractivity contribution in [3.63, 3.8) is 0 Å². The van der Waals surface area contributed by atoms with E-state index in [0.717, 1.165) is 15.0 Å². The van der Waals surface area contributed by atoms with Gasteiger partial charge in [0.2, 0.25) is 5.91 Å². The van der Waals surface area contributed by atoms with Crippen LogP contribution in [-0.2, 0) is 4.79 Å². The molecule has 0 spiro atoms. The van der Waals surface area contributed by atoms with Gasteiger partial charge in [0.15, 0.2) is 5.96 Å². The second-order valence-electron chi connectivity index (χ2n) is 6.07. The van der Waals surface area contributed by atoms with Crippen LogP contribution in [0.1, 0.15) is 11.0 Å². The summed E-state index contributed by atoms with van der Waals surface area (Å²) in [5.74, 6) is -0.369. The van der Waals surface area contributed by atoms with Crippen molar-refractivity contribution in [2.24, 2.45) is 4.99 Å². The maximum absolute atomic E-state index is 13.2. The highest BCUT2D eigenvalue weighted by Crippen LogP contribution is 2.29. The first-order valence-corrected chi connectivity index (χ1v) is 9.53. The molecule has 0 saturated carbocycles. The Hall–Kier alpha value is -2.24. The first-order valence-electron chi connectivity index (χ1n) is 8.71. The van der Waals surface area contributed by atoms with Crippen LogP contribution in [-0.4, -0.2) is 37.1 Å². The van der Waals surface area contributed by atoms with Crippen molar-refractivity contribution < 1.29 is 14.3 Å². The summed E-state index contributed by atoms with van der Waals surface area (Å²) in [4.78, 5) is 16.9. The maximum Gasteiger partial charge on any atom is 0.243 e. The van der Waals surface area contributed by atoms with E-state index < -0.39 is 11.9 Å². The van der Waals surface area contributed by atoms with E-state index in [-0.39, 0.29) is 43.0 Å². The number of aliphatic hydroxyl groups is 1. The molecular formula is C20H22FIN4O2S. The fourth-order valence-electron chi connectivity index (χ4n) is 2.62. The Bertz CT molecular complexity index is 962. The fourth-order valence-corrected chi connectivity index (χ4v) is 3.67. The Labute approximate surface area is 189 Å². The zero-order chi connectivity index (χ0) is 19.9. The van der Waals surface area contributed by atoms with E-state index in [2.05, 4.69) is 20.9 Å². The third-order valence-corrected chi connectivity index (χ3v) is 5.20. The number of thiophene rings is 1. The molecule has 1 amide bonds. The third-order valence-electron chi connectivity index (χ3n) is 3.98. The largest absolute Gasteiger partial charge is 0.386 e. The minimum atomic E-state index is -0.697. The number of carbonyl (C=O) groups is 1. The molecule has 3 aromatic rings. The second-order valence-corrected chi connectivity index (χ2v) is 7.18. The normalized spacial score (nSPS) is 12.2. The van der Waals surface area contributed by atoms with Crippen LogP contribution in [0.2, 0.25) is 0 Å². The Morgan fingerprint density at radius 3 is 2.69 bits per heavy atom. The highest BCUT2D eigenvalue weighted by molar-refractivity contribution is 14.0. The first-order chi connectivity index (χ1) is 13.5. The number of nitrogens with one attached hydrogen (secondary N) is 3. The fraction of sp³-hybridized carbons (Fsp3) is 0.200. The summed E-state index contributed by atoms with van der Waals surface area (Å²) in [6, 6.07) is 15.6. The molecule has 6 nitrogen and oxygen atoms in total. The summed E-state index contributed by atoms with van der Waals surface area (Å²) in [6.45, 7) is 0.202. The molecule has 0 radical (unpaired) electrons. The lowest BCUT2D eigenvalue weighted by Gasteiger charge is -2.14. The van der Waals surface area contributed by atoms with Crippen LogP contribution in [0.4, 0.5) is 10.1 Å². The van der Waals surface area contributed by atoms with Gasteiger partial charge in [0.05, 0.1) is 6.54 Å². The van der Waals surface area contributed by atoms with Crippen molar-refractivity contribution in [3.8, 4) is 0 Å². The highest BCUT2D eigenvalue weighted by atomic mass is 127. The molecule has 0 aliphatic heterocycles. The number of amides is 1. The van der Waals surface area contributed by atoms with Gasteiger partial charge in [-0.15, -0.1) is 35.3 Å². The number of hydrogen-bond acceptors (Lipinski definition) is 4. The van der Waals surface area contributed by atoms with E-state index in [1.54, 1.807) is 24.5 Å². The van der Waals surface area contributed by atoms with Gasteiger partial charge in [-0.1, -0.05) is 24.3 Å².